The molecule has 0 bridgehead atoms. The van der Waals surface area contributed by atoms with E-state index in [1.807, 2.05) is 54.7 Å². The van der Waals surface area contributed by atoms with Crippen molar-refractivity contribution in [2.75, 3.05) is 34.4 Å². The summed E-state index contributed by atoms with van der Waals surface area (Å²) in [5.74, 6) is 0.853. The number of fused-ring (bicyclic) bond motifs is 1. The number of nitrogens with zero attached hydrogens (tertiary/aromatic N) is 5. The lowest BCUT2D eigenvalue weighted by molar-refractivity contribution is -0.138. The minimum atomic E-state index is -1.16. The molecular weight excluding hydrogens is 791 g/mol. The maximum Gasteiger partial charge on any atom is 0.407 e. The first-order valence-electron chi connectivity index (χ1n) is 20.8. The zero-order valence-corrected chi connectivity index (χ0v) is 35.1. The van der Waals surface area contributed by atoms with Gasteiger partial charge in [-0.3, -0.25) is 14.5 Å². The highest BCUT2D eigenvalue weighted by Crippen LogP contribution is 2.35. The number of aromatic amines is 3. The van der Waals surface area contributed by atoms with E-state index >= 15 is 0 Å². The fourth-order valence-electron chi connectivity index (χ4n) is 8.72. The first kappa shape index (κ1) is 41.8. The number of carbonyl (C=O) groups is 4. The molecule has 0 aliphatic carbocycles. The molecule has 3 aromatic heterocycles. The number of ether oxygens (including phenoxy) is 2. The van der Waals surface area contributed by atoms with E-state index in [4.69, 9.17) is 14.5 Å². The Morgan fingerprint density at radius 3 is 1.87 bits per heavy atom. The predicted molar refractivity (Wildman–Crippen MR) is 232 cm³/mol. The highest BCUT2D eigenvalue weighted by atomic mass is 16.5. The van der Waals surface area contributed by atoms with E-state index in [0.717, 1.165) is 74.3 Å². The van der Waals surface area contributed by atoms with E-state index < -0.39 is 30.4 Å². The summed E-state index contributed by atoms with van der Waals surface area (Å²) in [5, 5.41) is 13.5. The molecule has 1 unspecified atom stereocenters. The van der Waals surface area contributed by atoms with Crippen LogP contribution in [0.25, 0.3) is 44.5 Å². The summed E-state index contributed by atoms with van der Waals surface area (Å²) < 4.78 is 10.2. The maximum absolute atomic E-state index is 14.2. The number of rotatable bonds is 13. The number of likely N-dealkylation sites (tertiary alicyclic amines) is 2. The number of hydrogen-bond acceptors (Lipinski definition) is 8. The molecular formula is C46H51N9O7. The van der Waals surface area contributed by atoms with E-state index in [2.05, 4.69) is 49.5 Å². The molecule has 8 rings (SSSR count). The Morgan fingerprint density at radius 1 is 0.806 bits per heavy atom. The normalized spacial score (nSPS) is 17.8. The number of para-hydroxylation sites is 1. The van der Waals surface area contributed by atoms with Gasteiger partial charge in [0.15, 0.2) is 0 Å². The van der Waals surface area contributed by atoms with Crippen molar-refractivity contribution in [3.63, 3.8) is 0 Å². The van der Waals surface area contributed by atoms with Gasteiger partial charge in [-0.1, -0.05) is 66.7 Å². The second-order valence-electron chi connectivity index (χ2n) is 15.9. The number of carbonyl (C=O) groups excluding carboxylic acids is 3. The summed E-state index contributed by atoms with van der Waals surface area (Å²) in [7, 11) is 4.20. The van der Waals surface area contributed by atoms with Gasteiger partial charge in [-0.25, -0.2) is 19.6 Å². The lowest BCUT2D eigenvalue weighted by Gasteiger charge is -2.31. The smallest absolute Gasteiger partial charge is 0.407 e. The third-order valence-electron chi connectivity index (χ3n) is 12.3. The highest BCUT2D eigenvalue weighted by molar-refractivity contribution is 5.89. The van der Waals surface area contributed by atoms with Crippen LogP contribution in [-0.4, -0.2) is 121 Å². The molecule has 0 saturated carbocycles. The SMILES string of the molecule is COC(=O)N[C@H](C(=O)N1CCCC1c1ncc(-c2ccc(-c3ccc(-c4cnc([C@@H]5CCCN5C(=O)[C@H](Cc5c[nH]c6ccccc56)N(C)C(=O)O)[nH]4)cc3)cc2)[nH]1)[C@@H](C)OC. The summed E-state index contributed by atoms with van der Waals surface area (Å²) in [4.78, 5) is 76.2. The average Bonchev–Trinajstić information content (AvgIpc) is 4.16. The van der Waals surface area contributed by atoms with Crippen LogP contribution in [-0.2, 0) is 25.5 Å². The number of imidazole rings is 2. The zero-order chi connectivity index (χ0) is 43.5. The van der Waals surface area contributed by atoms with Crippen LogP contribution in [0, 0.1) is 0 Å². The van der Waals surface area contributed by atoms with Gasteiger partial charge in [0.2, 0.25) is 11.8 Å². The van der Waals surface area contributed by atoms with Gasteiger partial charge < -0.3 is 44.6 Å². The molecule has 3 aromatic carbocycles. The number of carboxylic acid groups (broad SMARTS) is 1. The molecule has 4 amide bonds. The molecule has 0 spiro atoms. The van der Waals surface area contributed by atoms with Crippen LogP contribution in [0.15, 0.2) is 91.4 Å². The Kier molecular flexibility index (Phi) is 12.1. The van der Waals surface area contributed by atoms with Crippen molar-refractivity contribution in [1.29, 1.82) is 0 Å². The third-order valence-corrected chi connectivity index (χ3v) is 12.3. The minimum absolute atomic E-state index is 0.242. The highest BCUT2D eigenvalue weighted by Gasteiger charge is 2.40. The van der Waals surface area contributed by atoms with E-state index in [1.165, 1.54) is 21.3 Å². The molecule has 6 aromatic rings. The number of amides is 4. The predicted octanol–water partition coefficient (Wildman–Crippen LogP) is 6.92. The van der Waals surface area contributed by atoms with Gasteiger partial charge in [-0.15, -0.1) is 0 Å². The van der Waals surface area contributed by atoms with Crippen LogP contribution < -0.4 is 5.32 Å². The van der Waals surface area contributed by atoms with Gasteiger partial charge >= 0.3 is 12.2 Å². The fraction of sp³-hybridized carbons (Fsp3) is 0.348. The molecule has 16 nitrogen and oxygen atoms in total. The largest absolute Gasteiger partial charge is 0.465 e. The summed E-state index contributed by atoms with van der Waals surface area (Å²) in [6, 6.07) is 21.8. The Morgan fingerprint density at radius 2 is 1.34 bits per heavy atom. The number of methoxy groups -OCH3 is 2. The first-order chi connectivity index (χ1) is 30.0. The zero-order valence-electron chi connectivity index (χ0n) is 35.1. The topological polar surface area (TPSA) is 202 Å². The molecule has 322 valence electrons. The van der Waals surface area contributed by atoms with Gasteiger partial charge in [0.05, 0.1) is 49.1 Å². The van der Waals surface area contributed by atoms with Crippen molar-refractivity contribution in [2.24, 2.45) is 0 Å². The van der Waals surface area contributed by atoms with Gasteiger partial charge in [-0.2, -0.15) is 0 Å². The van der Waals surface area contributed by atoms with Gasteiger partial charge in [-0.05, 0) is 66.5 Å². The standard InChI is InChI=1S/C46H51N9O7/c1-27(61-3)40(52-45(58)62-4)44(57)55-22-8-12-38(55)42-49-26-36(51-42)31-19-15-29(16-20-31)28-13-17-30(18-14-28)35-25-48-41(50-35)37-11-7-21-54(37)43(56)39(53(2)46(59)60)23-32-24-47-34-10-6-5-9-33(32)34/h5-6,9-10,13-20,24-27,37-40,47H,7-8,11-12,21-23H2,1-4H3,(H,48,50)(H,49,51)(H,52,58)(H,59,60)/t27-,37+,38?,39+,40+/m1/s1. The molecule has 5 heterocycles. The van der Waals surface area contributed by atoms with Crippen molar-refractivity contribution in [1.82, 2.24) is 44.9 Å². The number of benzene rings is 3. The Labute approximate surface area is 358 Å². The third kappa shape index (κ3) is 8.37. The molecule has 5 N–H and O–H groups in total. The molecule has 5 atom stereocenters. The van der Waals surface area contributed by atoms with E-state index in [9.17, 15) is 24.3 Å². The van der Waals surface area contributed by atoms with Crippen molar-refractivity contribution in [3.8, 4) is 33.6 Å². The minimum Gasteiger partial charge on any atom is -0.465 e. The van der Waals surface area contributed by atoms with Crippen LogP contribution in [0.1, 0.15) is 61.9 Å². The Balaban J connectivity index is 0.926. The number of hydrogen-bond donors (Lipinski definition) is 5. The van der Waals surface area contributed by atoms with Gasteiger partial charge in [0, 0.05) is 50.8 Å². The Hall–Kier alpha value is -6.94. The van der Waals surface area contributed by atoms with Crippen LogP contribution in [0.4, 0.5) is 9.59 Å². The number of likely N-dealkylation sites (N-methyl/N-ethyl adjacent to an activating group) is 1. The van der Waals surface area contributed by atoms with Crippen molar-refractivity contribution < 1.29 is 33.8 Å². The summed E-state index contributed by atoms with van der Waals surface area (Å²) in [6.07, 6.45) is 6.27. The van der Waals surface area contributed by atoms with Crippen LogP contribution in [0.2, 0.25) is 0 Å². The Bertz CT molecular complexity index is 2550. The molecule has 2 aliphatic heterocycles. The van der Waals surface area contributed by atoms with Crippen molar-refractivity contribution in [2.45, 2.75) is 69.3 Å². The molecule has 2 aliphatic rings. The summed E-state index contributed by atoms with van der Waals surface area (Å²) >= 11 is 0. The van der Waals surface area contributed by atoms with Crippen molar-refractivity contribution in [3.05, 3.63) is 109 Å². The molecule has 16 heteroatoms. The van der Waals surface area contributed by atoms with E-state index in [0.29, 0.717) is 31.2 Å². The average molecular weight is 842 g/mol. The quantitative estimate of drug-likeness (QED) is 0.0818. The van der Waals surface area contributed by atoms with Gasteiger partial charge in [0.1, 0.15) is 23.7 Å². The molecule has 62 heavy (non-hydrogen) atoms. The van der Waals surface area contributed by atoms with E-state index in [-0.39, 0.29) is 30.3 Å². The summed E-state index contributed by atoms with van der Waals surface area (Å²) in [6.45, 7) is 2.78. The lowest BCUT2D eigenvalue weighted by atomic mass is 10.0. The molecule has 0 radical (unpaired) electrons. The maximum atomic E-state index is 14.2. The molecule has 2 fully saturated rings. The first-order valence-corrected chi connectivity index (χ1v) is 20.8. The second kappa shape index (κ2) is 18.0. The second-order valence-corrected chi connectivity index (χ2v) is 15.9. The fourth-order valence-corrected chi connectivity index (χ4v) is 8.72. The van der Waals surface area contributed by atoms with E-state index in [1.54, 1.807) is 29.1 Å². The number of H-pyrrole nitrogens is 3. The number of nitrogens with one attached hydrogen (secondary N) is 4. The van der Waals surface area contributed by atoms with Crippen LogP contribution >= 0.6 is 0 Å². The van der Waals surface area contributed by atoms with Crippen LogP contribution in [0.3, 0.4) is 0 Å². The molecule has 2 saturated heterocycles. The summed E-state index contributed by atoms with van der Waals surface area (Å²) in [5.41, 5.74) is 7.41. The monoisotopic (exact) mass is 841 g/mol. The lowest BCUT2D eigenvalue weighted by Crippen LogP contribution is -2.54. The van der Waals surface area contributed by atoms with Crippen LogP contribution in [0.5, 0.6) is 0 Å². The number of aromatic nitrogens is 5. The number of alkyl carbamates (subject to hydrolysis) is 1. The van der Waals surface area contributed by atoms with Gasteiger partial charge in [0.25, 0.3) is 0 Å². The van der Waals surface area contributed by atoms with Crippen molar-refractivity contribution >= 4 is 34.9 Å².